The van der Waals surface area contributed by atoms with E-state index in [1.165, 1.54) is 39.1 Å². The van der Waals surface area contributed by atoms with E-state index in [1.807, 2.05) is 0 Å². The first-order valence-electron chi connectivity index (χ1n) is 6.80. The van der Waals surface area contributed by atoms with E-state index in [0.29, 0.717) is 0 Å². The van der Waals surface area contributed by atoms with Crippen LogP contribution in [0.25, 0.3) is 0 Å². The smallest absolute Gasteiger partial charge is 0.0487 e. The van der Waals surface area contributed by atoms with Gasteiger partial charge in [-0.25, -0.2) is 0 Å². The van der Waals surface area contributed by atoms with Crippen molar-refractivity contribution in [3.05, 3.63) is 0 Å². The van der Waals surface area contributed by atoms with E-state index in [9.17, 15) is 0 Å². The first-order chi connectivity index (χ1) is 8.33. The second-order valence-electron chi connectivity index (χ2n) is 4.81. The highest BCUT2D eigenvalue weighted by molar-refractivity contribution is 4.66. The molecule has 17 heavy (non-hydrogen) atoms. The Labute approximate surface area is 106 Å². The second kappa shape index (κ2) is 9.83. The van der Waals surface area contributed by atoms with Crippen molar-refractivity contribution in [2.75, 3.05) is 66.7 Å². The molecule has 0 aromatic carbocycles. The van der Waals surface area contributed by atoms with Gasteiger partial charge in [0, 0.05) is 46.6 Å². The van der Waals surface area contributed by atoms with E-state index in [2.05, 4.69) is 16.8 Å². The van der Waals surface area contributed by atoms with Crippen LogP contribution in [0.4, 0.5) is 0 Å². The van der Waals surface area contributed by atoms with Crippen molar-refractivity contribution >= 4 is 0 Å². The van der Waals surface area contributed by atoms with Gasteiger partial charge in [0.25, 0.3) is 0 Å². The van der Waals surface area contributed by atoms with E-state index in [-0.39, 0.29) is 0 Å². The molecule has 0 unspecified atom stereocenters. The second-order valence-corrected chi connectivity index (χ2v) is 4.81. The Kier molecular flexibility index (Phi) is 8.61. The van der Waals surface area contributed by atoms with Crippen LogP contribution in [0.5, 0.6) is 0 Å². The number of likely N-dealkylation sites (N-methyl/N-ethyl adjacent to an activating group) is 1. The fraction of sp³-hybridized carbons (Fsp3) is 1.00. The van der Waals surface area contributed by atoms with Crippen molar-refractivity contribution in [3.8, 4) is 0 Å². The molecule has 0 aromatic heterocycles. The van der Waals surface area contributed by atoms with Crippen LogP contribution < -0.4 is 0 Å². The highest BCUT2D eigenvalue weighted by Crippen LogP contribution is 2.01. The molecule has 1 rings (SSSR count). The maximum atomic E-state index is 5.56. The summed E-state index contributed by atoms with van der Waals surface area (Å²) in [5.41, 5.74) is 0. The van der Waals surface area contributed by atoms with Gasteiger partial charge in [-0.2, -0.15) is 0 Å². The number of nitrogens with zero attached hydrogens (tertiary/aromatic N) is 2. The zero-order chi connectivity index (χ0) is 12.3. The fourth-order valence-electron chi connectivity index (χ4n) is 2.12. The van der Waals surface area contributed by atoms with Gasteiger partial charge in [-0.3, -0.25) is 0 Å². The molecule has 4 heteroatoms. The van der Waals surface area contributed by atoms with Crippen molar-refractivity contribution in [1.82, 2.24) is 9.80 Å². The lowest BCUT2D eigenvalue weighted by Gasteiger charge is -2.19. The Bertz CT molecular complexity index is 179. The standard InChI is InChI=1S/C13H28N2O2/c1-14-6-3-7-15(10-9-14)8-4-12-17-13-5-11-16-2/h3-13H2,1-2H3. The van der Waals surface area contributed by atoms with Crippen molar-refractivity contribution in [2.24, 2.45) is 0 Å². The molecule has 0 saturated carbocycles. The number of rotatable bonds is 8. The van der Waals surface area contributed by atoms with Crippen molar-refractivity contribution in [1.29, 1.82) is 0 Å². The molecule has 1 heterocycles. The van der Waals surface area contributed by atoms with Crippen LogP contribution in [-0.2, 0) is 9.47 Å². The van der Waals surface area contributed by atoms with E-state index in [1.54, 1.807) is 7.11 Å². The number of methoxy groups -OCH3 is 1. The molecule has 1 aliphatic heterocycles. The Morgan fingerprint density at radius 3 is 2.59 bits per heavy atom. The molecule has 0 N–H and O–H groups in total. The van der Waals surface area contributed by atoms with E-state index in [0.717, 1.165) is 32.7 Å². The third kappa shape index (κ3) is 7.71. The van der Waals surface area contributed by atoms with Crippen LogP contribution >= 0.6 is 0 Å². The topological polar surface area (TPSA) is 24.9 Å². The first kappa shape index (κ1) is 14.9. The lowest BCUT2D eigenvalue weighted by Crippen LogP contribution is -2.30. The van der Waals surface area contributed by atoms with Gasteiger partial charge in [0.05, 0.1) is 0 Å². The van der Waals surface area contributed by atoms with Crippen LogP contribution in [0.15, 0.2) is 0 Å². The number of ether oxygens (including phenoxy) is 2. The average Bonchev–Trinajstić information content (AvgIpc) is 2.53. The summed E-state index contributed by atoms with van der Waals surface area (Å²) >= 11 is 0. The molecule has 1 aliphatic rings. The molecule has 0 amide bonds. The Morgan fingerprint density at radius 2 is 1.76 bits per heavy atom. The van der Waals surface area contributed by atoms with Crippen LogP contribution in [0.3, 0.4) is 0 Å². The first-order valence-corrected chi connectivity index (χ1v) is 6.80. The van der Waals surface area contributed by atoms with Gasteiger partial charge >= 0.3 is 0 Å². The molecular formula is C13H28N2O2. The minimum atomic E-state index is 0.804. The van der Waals surface area contributed by atoms with Gasteiger partial charge < -0.3 is 19.3 Å². The molecule has 1 saturated heterocycles. The minimum absolute atomic E-state index is 0.804. The molecule has 0 aliphatic carbocycles. The summed E-state index contributed by atoms with van der Waals surface area (Å²) in [5, 5.41) is 0. The van der Waals surface area contributed by atoms with Gasteiger partial charge in [-0.05, 0) is 39.4 Å². The lowest BCUT2D eigenvalue weighted by molar-refractivity contribution is 0.0952. The Morgan fingerprint density at radius 1 is 0.941 bits per heavy atom. The van der Waals surface area contributed by atoms with Crippen LogP contribution in [0.1, 0.15) is 19.3 Å². The van der Waals surface area contributed by atoms with Crippen LogP contribution in [-0.4, -0.2) is 76.5 Å². The Hall–Kier alpha value is -0.160. The summed E-state index contributed by atoms with van der Waals surface area (Å²) in [5.74, 6) is 0. The highest BCUT2D eigenvalue weighted by atomic mass is 16.5. The van der Waals surface area contributed by atoms with Gasteiger partial charge in [-0.1, -0.05) is 0 Å². The van der Waals surface area contributed by atoms with Gasteiger partial charge in [-0.15, -0.1) is 0 Å². The third-order valence-corrected chi connectivity index (χ3v) is 3.21. The van der Waals surface area contributed by atoms with E-state index >= 15 is 0 Å². The maximum absolute atomic E-state index is 5.56. The molecule has 1 fully saturated rings. The molecule has 0 aromatic rings. The minimum Gasteiger partial charge on any atom is -0.385 e. The predicted molar refractivity (Wildman–Crippen MR) is 70.5 cm³/mol. The SMILES string of the molecule is COCCCOCCCN1CCCN(C)CC1. The summed E-state index contributed by atoms with van der Waals surface area (Å²) < 4.78 is 10.5. The van der Waals surface area contributed by atoms with Crippen molar-refractivity contribution < 1.29 is 9.47 Å². The number of hydrogen-bond acceptors (Lipinski definition) is 4. The molecule has 102 valence electrons. The summed E-state index contributed by atoms with van der Waals surface area (Å²) in [6, 6.07) is 0. The normalized spacial score (nSPS) is 19.4. The summed E-state index contributed by atoms with van der Waals surface area (Å²) in [4.78, 5) is 4.98. The molecule has 0 radical (unpaired) electrons. The summed E-state index contributed by atoms with van der Waals surface area (Å²) in [6.07, 6.45) is 3.45. The van der Waals surface area contributed by atoms with Crippen molar-refractivity contribution in [3.63, 3.8) is 0 Å². The van der Waals surface area contributed by atoms with Gasteiger partial charge in [0.2, 0.25) is 0 Å². The quantitative estimate of drug-likeness (QED) is 0.596. The lowest BCUT2D eigenvalue weighted by atomic mass is 10.3. The van der Waals surface area contributed by atoms with Gasteiger partial charge in [0.15, 0.2) is 0 Å². The largest absolute Gasteiger partial charge is 0.385 e. The summed E-state index contributed by atoms with van der Waals surface area (Å²) in [6.45, 7) is 8.59. The summed E-state index contributed by atoms with van der Waals surface area (Å²) in [7, 11) is 3.94. The maximum Gasteiger partial charge on any atom is 0.0487 e. The zero-order valence-corrected chi connectivity index (χ0v) is 11.5. The van der Waals surface area contributed by atoms with Crippen LogP contribution in [0.2, 0.25) is 0 Å². The highest BCUT2D eigenvalue weighted by Gasteiger charge is 2.10. The monoisotopic (exact) mass is 244 g/mol. The third-order valence-electron chi connectivity index (χ3n) is 3.21. The van der Waals surface area contributed by atoms with Crippen molar-refractivity contribution in [2.45, 2.75) is 19.3 Å². The zero-order valence-electron chi connectivity index (χ0n) is 11.5. The molecule has 0 bridgehead atoms. The number of hydrogen-bond donors (Lipinski definition) is 0. The molecule has 0 spiro atoms. The van der Waals surface area contributed by atoms with E-state index < -0.39 is 0 Å². The Balaban J connectivity index is 1.91. The van der Waals surface area contributed by atoms with Crippen LogP contribution in [0, 0.1) is 0 Å². The molecule has 0 atom stereocenters. The average molecular weight is 244 g/mol. The fourth-order valence-corrected chi connectivity index (χ4v) is 2.12. The molecule has 4 nitrogen and oxygen atoms in total. The van der Waals surface area contributed by atoms with E-state index in [4.69, 9.17) is 9.47 Å². The van der Waals surface area contributed by atoms with Gasteiger partial charge in [0.1, 0.15) is 0 Å². The predicted octanol–water partition coefficient (Wildman–Crippen LogP) is 1.07. The molecular weight excluding hydrogens is 216 g/mol.